The molecule has 0 bridgehead atoms. The first-order chi connectivity index (χ1) is 11.0. The molecule has 1 aromatic rings. The third-order valence-corrected chi connectivity index (χ3v) is 4.60. The molecule has 7 nitrogen and oxygen atoms in total. The fraction of sp³-hybridized carbons (Fsp3) is 0.333. The van der Waals surface area contributed by atoms with Crippen molar-refractivity contribution < 1.29 is 19.2 Å². The van der Waals surface area contributed by atoms with Crippen molar-refractivity contribution in [2.24, 2.45) is 0 Å². The van der Waals surface area contributed by atoms with E-state index in [1.54, 1.807) is 12.1 Å². The molecule has 0 unspecified atom stereocenters. The summed E-state index contributed by atoms with van der Waals surface area (Å²) < 4.78 is 0.948. The smallest absolute Gasteiger partial charge is 0.276 e. The maximum atomic E-state index is 12.7. The number of aryl methyl sites for hydroxylation is 1. The zero-order chi connectivity index (χ0) is 16.6. The second-order valence-corrected chi connectivity index (χ2v) is 6.36. The van der Waals surface area contributed by atoms with Crippen LogP contribution in [0.3, 0.4) is 0 Å². The third kappa shape index (κ3) is 2.71. The second kappa shape index (κ2) is 6.26. The minimum Gasteiger partial charge on any atom is -0.276 e. The zero-order valence-electron chi connectivity index (χ0n) is 12.2. The van der Waals surface area contributed by atoms with Crippen LogP contribution in [0.25, 0.3) is 0 Å². The number of hydrogen-bond acceptors (Lipinski definition) is 4. The van der Waals surface area contributed by atoms with Gasteiger partial charge in [0.25, 0.3) is 11.8 Å². The molecule has 0 aromatic heterocycles. The number of carbonyl (C=O) groups is 4. The zero-order valence-corrected chi connectivity index (χ0v) is 14.3. The van der Waals surface area contributed by atoms with Crippen molar-refractivity contribution in [1.29, 1.82) is 0 Å². The summed E-state index contributed by atoms with van der Waals surface area (Å²) in [5.74, 6) is -1.44. The largest absolute Gasteiger partial charge is 0.343 e. The number of nitrogens with zero attached hydrogens (tertiary/aromatic N) is 2. The Morgan fingerprint density at radius 2 is 1.91 bits per heavy atom. The minimum absolute atomic E-state index is 0.0131. The lowest BCUT2D eigenvalue weighted by atomic mass is 9.99. The highest BCUT2D eigenvalue weighted by Crippen LogP contribution is 2.29. The molecule has 2 aliphatic heterocycles. The number of benzene rings is 1. The van der Waals surface area contributed by atoms with E-state index in [9.17, 15) is 19.2 Å². The lowest BCUT2D eigenvalue weighted by Gasteiger charge is -2.32. The SMILES string of the molecule is O=C1CCN(N2C(=O)c3cccc(CCCI)c3C2=O)C(=O)N1. The van der Waals surface area contributed by atoms with Gasteiger partial charge in [-0.2, -0.15) is 5.01 Å². The van der Waals surface area contributed by atoms with Gasteiger partial charge in [-0.15, -0.1) is 0 Å². The Balaban J connectivity index is 1.94. The van der Waals surface area contributed by atoms with E-state index in [0.717, 1.165) is 26.4 Å². The normalized spacial score (nSPS) is 17.6. The Kier molecular flexibility index (Phi) is 4.33. The van der Waals surface area contributed by atoms with Gasteiger partial charge in [0, 0.05) is 6.42 Å². The fourth-order valence-corrected chi connectivity index (χ4v) is 3.16. The highest BCUT2D eigenvalue weighted by molar-refractivity contribution is 14.1. The molecule has 1 N–H and O–H groups in total. The lowest BCUT2D eigenvalue weighted by Crippen LogP contribution is -2.58. The molecule has 2 aliphatic rings. The van der Waals surface area contributed by atoms with E-state index >= 15 is 0 Å². The monoisotopic (exact) mass is 427 g/mol. The van der Waals surface area contributed by atoms with Crippen molar-refractivity contribution in [3.63, 3.8) is 0 Å². The van der Waals surface area contributed by atoms with E-state index in [2.05, 4.69) is 27.9 Å². The molecular formula is C15H14IN3O4. The first-order valence-electron chi connectivity index (χ1n) is 7.22. The maximum absolute atomic E-state index is 12.7. The molecule has 1 fully saturated rings. The molecule has 5 amide bonds. The van der Waals surface area contributed by atoms with E-state index in [-0.39, 0.29) is 13.0 Å². The van der Waals surface area contributed by atoms with Gasteiger partial charge in [-0.1, -0.05) is 34.7 Å². The Bertz CT molecular complexity index is 719. The highest BCUT2D eigenvalue weighted by Gasteiger charge is 2.43. The average molecular weight is 427 g/mol. The molecule has 0 radical (unpaired) electrons. The summed E-state index contributed by atoms with van der Waals surface area (Å²) in [5, 5.41) is 3.98. The minimum atomic E-state index is -0.746. The summed E-state index contributed by atoms with van der Waals surface area (Å²) in [6.45, 7) is 0.0131. The van der Waals surface area contributed by atoms with E-state index in [0.29, 0.717) is 17.5 Å². The molecule has 8 heteroatoms. The van der Waals surface area contributed by atoms with Crippen LogP contribution >= 0.6 is 22.6 Å². The quantitative estimate of drug-likeness (QED) is 0.449. The molecule has 2 heterocycles. The van der Waals surface area contributed by atoms with Crippen LogP contribution in [0.1, 0.15) is 39.1 Å². The van der Waals surface area contributed by atoms with Crippen molar-refractivity contribution in [1.82, 2.24) is 15.3 Å². The summed E-state index contributed by atoms with van der Waals surface area (Å²) in [6, 6.07) is 4.43. The summed E-state index contributed by atoms with van der Waals surface area (Å²) in [6.07, 6.45) is 1.65. The van der Waals surface area contributed by atoms with Gasteiger partial charge >= 0.3 is 6.03 Å². The number of amides is 5. The lowest BCUT2D eigenvalue weighted by molar-refractivity contribution is -0.122. The number of alkyl halides is 1. The molecular weight excluding hydrogens is 413 g/mol. The number of urea groups is 1. The van der Waals surface area contributed by atoms with Crippen molar-refractivity contribution in [3.05, 3.63) is 34.9 Å². The van der Waals surface area contributed by atoms with E-state index < -0.39 is 23.8 Å². The Labute approximate surface area is 146 Å². The van der Waals surface area contributed by atoms with Crippen molar-refractivity contribution in [2.45, 2.75) is 19.3 Å². The summed E-state index contributed by atoms with van der Waals surface area (Å²) in [7, 11) is 0. The van der Waals surface area contributed by atoms with Crippen LogP contribution in [0, 0.1) is 0 Å². The number of carbonyl (C=O) groups excluding carboxylic acids is 4. The molecule has 0 atom stereocenters. The molecule has 23 heavy (non-hydrogen) atoms. The molecule has 0 saturated carbocycles. The Hall–Kier alpha value is -1.97. The maximum Gasteiger partial charge on any atom is 0.343 e. The second-order valence-electron chi connectivity index (χ2n) is 5.28. The number of hydrogen-bond donors (Lipinski definition) is 1. The topological polar surface area (TPSA) is 86.8 Å². The number of hydrazine groups is 1. The first-order valence-corrected chi connectivity index (χ1v) is 8.75. The number of halogens is 1. The van der Waals surface area contributed by atoms with E-state index in [1.165, 1.54) is 0 Å². The van der Waals surface area contributed by atoms with Crippen molar-refractivity contribution >= 4 is 46.3 Å². The van der Waals surface area contributed by atoms with Gasteiger partial charge in [0.1, 0.15) is 0 Å². The first kappa shape index (κ1) is 15.9. The summed E-state index contributed by atoms with van der Waals surface area (Å²) >= 11 is 2.26. The van der Waals surface area contributed by atoms with Gasteiger partial charge in [-0.05, 0) is 28.9 Å². The van der Waals surface area contributed by atoms with Gasteiger partial charge in [0.05, 0.1) is 17.7 Å². The number of rotatable bonds is 4. The van der Waals surface area contributed by atoms with Crippen LogP contribution in [0.4, 0.5) is 4.79 Å². The van der Waals surface area contributed by atoms with Gasteiger partial charge in [0.15, 0.2) is 0 Å². The Morgan fingerprint density at radius 1 is 1.13 bits per heavy atom. The third-order valence-electron chi connectivity index (χ3n) is 3.83. The van der Waals surface area contributed by atoms with Crippen LogP contribution < -0.4 is 5.32 Å². The molecule has 3 rings (SSSR count). The molecule has 0 aliphatic carbocycles. The van der Waals surface area contributed by atoms with Crippen LogP contribution in [0.15, 0.2) is 18.2 Å². The molecule has 1 aromatic carbocycles. The fourth-order valence-electron chi connectivity index (χ4n) is 2.77. The predicted octanol–water partition coefficient (Wildman–Crippen LogP) is 1.51. The Morgan fingerprint density at radius 3 is 2.61 bits per heavy atom. The van der Waals surface area contributed by atoms with Crippen molar-refractivity contribution in [2.75, 3.05) is 11.0 Å². The summed E-state index contributed by atoms with van der Waals surface area (Å²) in [5.41, 5.74) is 1.49. The van der Waals surface area contributed by atoms with Crippen molar-refractivity contribution in [3.8, 4) is 0 Å². The predicted molar refractivity (Wildman–Crippen MR) is 89.0 cm³/mol. The molecule has 120 valence electrons. The number of imide groups is 2. The van der Waals surface area contributed by atoms with Crippen LogP contribution in [0.5, 0.6) is 0 Å². The van der Waals surface area contributed by atoms with Gasteiger partial charge in [-0.25, -0.2) is 9.80 Å². The molecule has 1 saturated heterocycles. The molecule has 0 spiro atoms. The number of fused-ring (bicyclic) bond motifs is 1. The van der Waals surface area contributed by atoms with Gasteiger partial charge < -0.3 is 0 Å². The van der Waals surface area contributed by atoms with Gasteiger partial charge in [-0.3, -0.25) is 19.7 Å². The standard InChI is InChI=1S/C15H14IN3O4/c16-7-2-4-9-3-1-5-10-12(9)14(22)19(13(10)21)18-8-6-11(20)17-15(18)23/h1,3,5H,2,4,6-8H2,(H,17,20,23). The van der Waals surface area contributed by atoms with Crippen LogP contribution in [-0.4, -0.2) is 44.7 Å². The van der Waals surface area contributed by atoms with E-state index in [1.807, 2.05) is 6.07 Å². The van der Waals surface area contributed by atoms with E-state index in [4.69, 9.17) is 0 Å². The summed E-state index contributed by atoms with van der Waals surface area (Å²) in [4.78, 5) is 48.4. The highest BCUT2D eigenvalue weighted by atomic mass is 127. The van der Waals surface area contributed by atoms with Gasteiger partial charge in [0.2, 0.25) is 5.91 Å². The number of nitrogens with one attached hydrogen (secondary N) is 1. The van der Waals surface area contributed by atoms with Crippen LogP contribution in [-0.2, 0) is 11.2 Å². The van der Waals surface area contributed by atoms with Crippen LogP contribution in [0.2, 0.25) is 0 Å². The average Bonchev–Trinajstić information content (AvgIpc) is 2.78.